The van der Waals surface area contributed by atoms with Crippen molar-refractivity contribution in [3.05, 3.63) is 66.5 Å². The molecule has 2 N–H and O–H groups in total. The van der Waals surface area contributed by atoms with Crippen LogP contribution in [0.2, 0.25) is 0 Å². The van der Waals surface area contributed by atoms with Crippen LogP contribution in [-0.4, -0.2) is 21.5 Å². The molecule has 0 amide bonds. The number of H-pyrrole nitrogens is 2. The second-order valence-electron chi connectivity index (χ2n) is 4.28. The molecular formula is C14H10N4O5. The number of nitro groups is 1. The fourth-order valence-electron chi connectivity index (χ4n) is 1.80. The van der Waals surface area contributed by atoms with Gasteiger partial charge in [-0.3, -0.25) is 19.9 Å². The lowest BCUT2D eigenvalue weighted by Crippen LogP contribution is -2.25. The highest BCUT2D eigenvalue weighted by atomic mass is 16.6. The third-order valence-electron chi connectivity index (χ3n) is 2.73. The van der Waals surface area contributed by atoms with Crippen LogP contribution in [0.5, 0.6) is 5.75 Å². The molecule has 9 heteroatoms. The second kappa shape index (κ2) is 6.86. The number of hydrogen-bond acceptors (Lipinski definition) is 6. The van der Waals surface area contributed by atoms with Crippen molar-refractivity contribution in [3.8, 4) is 11.8 Å². The maximum absolute atomic E-state index is 11.5. The molecule has 0 aliphatic heterocycles. The number of aromatic nitrogens is 2. The number of nitrogens with zero attached hydrogens (tertiary/aromatic N) is 2. The molecule has 1 aromatic heterocycles. The molecule has 0 bridgehead atoms. The Morgan fingerprint density at radius 2 is 2.09 bits per heavy atom. The molecule has 0 fully saturated rings. The summed E-state index contributed by atoms with van der Waals surface area (Å²) in [6.07, 6.45) is 2.72. The van der Waals surface area contributed by atoms with Crippen LogP contribution >= 0.6 is 0 Å². The van der Waals surface area contributed by atoms with E-state index in [0.29, 0.717) is 11.3 Å². The minimum Gasteiger partial charge on any atom is -0.479 e. The summed E-state index contributed by atoms with van der Waals surface area (Å²) in [5.74, 6) is 0.447. The minimum atomic E-state index is -1.08. The largest absolute Gasteiger partial charge is 0.479 e. The lowest BCUT2D eigenvalue weighted by atomic mass is 10.2. The van der Waals surface area contributed by atoms with Gasteiger partial charge in [0, 0.05) is 0 Å². The van der Waals surface area contributed by atoms with Crippen LogP contribution in [0.25, 0.3) is 12.2 Å². The smallest absolute Gasteiger partial charge is 0.357 e. The van der Waals surface area contributed by atoms with Crippen molar-refractivity contribution in [3.63, 3.8) is 0 Å². The van der Waals surface area contributed by atoms with Gasteiger partial charge >= 0.3 is 16.9 Å². The van der Waals surface area contributed by atoms with Gasteiger partial charge in [-0.2, -0.15) is 5.26 Å². The molecule has 0 aliphatic rings. The van der Waals surface area contributed by atoms with Gasteiger partial charge in [0.25, 0.3) is 0 Å². The van der Waals surface area contributed by atoms with E-state index in [0.717, 1.165) is 0 Å². The maximum atomic E-state index is 11.5. The third-order valence-corrected chi connectivity index (χ3v) is 2.73. The molecule has 0 saturated carbocycles. The average Bonchev–Trinajstić information content (AvgIpc) is 2.50. The van der Waals surface area contributed by atoms with Crippen molar-refractivity contribution < 1.29 is 9.66 Å². The van der Waals surface area contributed by atoms with Gasteiger partial charge in [-0.15, -0.1) is 0 Å². The number of ether oxygens (including phenoxy) is 1. The number of nitrogens with one attached hydrogen (secondary N) is 2. The van der Waals surface area contributed by atoms with E-state index in [4.69, 9.17) is 10.00 Å². The van der Waals surface area contributed by atoms with E-state index in [-0.39, 0.29) is 12.3 Å². The summed E-state index contributed by atoms with van der Waals surface area (Å²) >= 11 is 0. The van der Waals surface area contributed by atoms with E-state index in [9.17, 15) is 19.7 Å². The zero-order valence-corrected chi connectivity index (χ0v) is 11.6. The van der Waals surface area contributed by atoms with Crippen LogP contribution in [0.4, 0.5) is 5.69 Å². The SMILES string of the molecule is N#CCOc1cccc(C=Cc2[nH]c(=O)[nH]c(=O)c2[N+](=O)[O-])c1. The summed E-state index contributed by atoms with van der Waals surface area (Å²) < 4.78 is 5.13. The van der Waals surface area contributed by atoms with Crippen LogP contribution < -0.4 is 16.0 Å². The molecule has 0 unspecified atom stereocenters. The maximum Gasteiger partial charge on any atom is 0.357 e. The highest BCUT2D eigenvalue weighted by molar-refractivity contribution is 5.72. The molecule has 1 aromatic carbocycles. The average molecular weight is 314 g/mol. The second-order valence-corrected chi connectivity index (χ2v) is 4.28. The van der Waals surface area contributed by atoms with Gasteiger partial charge in [-0.05, 0) is 23.8 Å². The highest BCUT2D eigenvalue weighted by Gasteiger charge is 2.18. The molecule has 0 aliphatic carbocycles. The standard InChI is InChI=1S/C14H10N4O5/c15-6-7-23-10-3-1-2-9(8-10)4-5-11-12(18(21)22)13(19)17-14(20)16-11/h1-5,8H,7H2,(H2,16,17,19,20). The molecule has 9 nitrogen and oxygen atoms in total. The first-order valence-electron chi connectivity index (χ1n) is 6.30. The quantitative estimate of drug-likeness (QED) is 0.623. The zero-order valence-electron chi connectivity index (χ0n) is 11.6. The monoisotopic (exact) mass is 314 g/mol. The van der Waals surface area contributed by atoms with Gasteiger partial charge in [0.1, 0.15) is 17.5 Å². The summed E-state index contributed by atoms with van der Waals surface area (Å²) in [6.45, 7) is -0.111. The van der Waals surface area contributed by atoms with Crippen molar-refractivity contribution >= 4 is 17.8 Å². The summed E-state index contributed by atoms with van der Waals surface area (Å²) in [6, 6.07) is 8.44. The Labute approximate surface area is 128 Å². The molecule has 2 aromatic rings. The molecule has 0 atom stereocenters. The molecule has 1 heterocycles. The van der Waals surface area contributed by atoms with E-state index < -0.39 is 21.9 Å². The molecule has 23 heavy (non-hydrogen) atoms. The fourth-order valence-corrected chi connectivity index (χ4v) is 1.80. The van der Waals surface area contributed by atoms with E-state index in [2.05, 4.69) is 4.98 Å². The van der Waals surface area contributed by atoms with E-state index in [1.54, 1.807) is 29.2 Å². The first-order chi connectivity index (χ1) is 11.0. The molecule has 0 saturated heterocycles. The Morgan fingerprint density at radius 3 is 2.78 bits per heavy atom. The summed E-state index contributed by atoms with van der Waals surface area (Å²) in [5, 5.41) is 19.4. The van der Waals surface area contributed by atoms with Crippen molar-refractivity contribution in [1.29, 1.82) is 5.26 Å². The lowest BCUT2D eigenvalue weighted by Gasteiger charge is -2.02. The van der Waals surface area contributed by atoms with Crippen LogP contribution in [0.15, 0.2) is 33.9 Å². The zero-order chi connectivity index (χ0) is 16.8. The highest BCUT2D eigenvalue weighted by Crippen LogP contribution is 2.17. The van der Waals surface area contributed by atoms with Crippen molar-refractivity contribution in [2.45, 2.75) is 0 Å². The molecule has 116 valence electrons. The van der Waals surface area contributed by atoms with E-state index in [1.165, 1.54) is 12.2 Å². The van der Waals surface area contributed by atoms with E-state index >= 15 is 0 Å². The number of nitriles is 1. The Morgan fingerprint density at radius 1 is 1.30 bits per heavy atom. The number of hydrogen-bond donors (Lipinski definition) is 2. The summed E-state index contributed by atoms with van der Waals surface area (Å²) in [5.41, 5.74) is -2.28. The first kappa shape index (κ1) is 15.7. The topological polar surface area (TPSA) is 142 Å². The summed E-state index contributed by atoms with van der Waals surface area (Å²) in [7, 11) is 0. The fraction of sp³-hybridized carbons (Fsp3) is 0.0714. The van der Waals surface area contributed by atoms with Gasteiger partial charge in [0.05, 0.1) is 4.92 Å². The van der Waals surface area contributed by atoms with E-state index in [1.807, 2.05) is 6.07 Å². The van der Waals surface area contributed by atoms with Gasteiger partial charge in [-0.25, -0.2) is 4.79 Å². The van der Waals surface area contributed by atoms with Crippen LogP contribution in [0.3, 0.4) is 0 Å². The van der Waals surface area contributed by atoms with Crippen molar-refractivity contribution in [1.82, 2.24) is 9.97 Å². The molecule has 2 rings (SSSR count). The van der Waals surface area contributed by atoms with Crippen LogP contribution in [0.1, 0.15) is 11.3 Å². The first-order valence-corrected chi connectivity index (χ1v) is 6.30. The minimum absolute atomic E-state index is 0.111. The number of benzene rings is 1. The van der Waals surface area contributed by atoms with Crippen molar-refractivity contribution in [2.75, 3.05) is 6.61 Å². The molecular weight excluding hydrogens is 304 g/mol. The normalized spacial score (nSPS) is 10.4. The Hall–Kier alpha value is -3.67. The predicted molar refractivity (Wildman–Crippen MR) is 80.8 cm³/mol. The molecule has 0 spiro atoms. The summed E-state index contributed by atoms with van der Waals surface area (Å²) in [4.78, 5) is 36.8. The predicted octanol–water partition coefficient (Wildman–Crippen LogP) is 1.04. The van der Waals surface area contributed by atoms with Crippen LogP contribution in [-0.2, 0) is 0 Å². The Kier molecular flexibility index (Phi) is 4.69. The number of rotatable bonds is 5. The Bertz CT molecular complexity index is 920. The van der Waals surface area contributed by atoms with Gasteiger partial charge in [0.15, 0.2) is 6.61 Å². The van der Waals surface area contributed by atoms with Crippen LogP contribution in [0, 0.1) is 21.4 Å². The molecule has 0 radical (unpaired) electrons. The van der Waals surface area contributed by atoms with Crippen molar-refractivity contribution in [2.24, 2.45) is 0 Å². The van der Waals surface area contributed by atoms with Gasteiger partial charge in [-0.1, -0.05) is 18.2 Å². The Balaban J connectivity index is 2.38. The van der Waals surface area contributed by atoms with Gasteiger partial charge in [0.2, 0.25) is 0 Å². The third kappa shape index (κ3) is 3.92. The van der Waals surface area contributed by atoms with Gasteiger partial charge < -0.3 is 9.72 Å². The lowest BCUT2D eigenvalue weighted by molar-refractivity contribution is -0.386. The number of aromatic amines is 2.